The van der Waals surface area contributed by atoms with Crippen molar-refractivity contribution in [3.63, 3.8) is 0 Å². The molecule has 0 unspecified atom stereocenters. The number of amides is 1. The Morgan fingerprint density at radius 2 is 1.88 bits per heavy atom. The normalized spacial score (nSPS) is 11.4. The zero-order valence-corrected chi connectivity index (χ0v) is 20.8. The molecular formula is C21H22Cl2N4O4S2. The first-order valence-electron chi connectivity index (χ1n) is 9.99. The third-order valence-corrected chi connectivity index (χ3v) is 7.28. The van der Waals surface area contributed by atoms with Gasteiger partial charge in [0.25, 0.3) is 0 Å². The number of sulfonamides is 1. The molecule has 1 heterocycles. The molecule has 0 radical (unpaired) electrons. The van der Waals surface area contributed by atoms with Gasteiger partial charge in [-0.25, -0.2) is 13.1 Å². The van der Waals surface area contributed by atoms with Crippen molar-refractivity contribution in [3.8, 4) is 5.75 Å². The number of carbonyl (C=O) groups is 1. The van der Waals surface area contributed by atoms with Gasteiger partial charge in [0, 0.05) is 24.4 Å². The number of anilines is 1. The Bertz CT molecular complexity index is 1200. The highest BCUT2D eigenvalue weighted by Gasteiger charge is 2.14. The first-order valence-corrected chi connectivity index (χ1v) is 13.0. The lowest BCUT2D eigenvalue weighted by molar-refractivity contribution is -0.116. The number of rotatable bonds is 11. The lowest BCUT2D eigenvalue weighted by Crippen LogP contribution is -2.25. The van der Waals surface area contributed by atoms with Crippen molar-refractivity contribution >= 4 is 55.6 Å². The quantitative estimate of drug-likeness (QED) is 0.355. The Hall–Kier alpha value is -2.24. The summed E-state index contributed by atoms with van der Waals surface area (Å²) in [5.74, 6) is 0.289. The van der Waals surface area contributed by atoms with Crippen LogP contribution >= 0.6 is 34.5 Å². The smallest absolute Gasteiger partial charge is 0.240 e. The van der Waals surface area contributed by atoms with E-state index in [1.54, 1.807) is 42.5 Å². The van der Waals surface area contributed by atoms with E-state index in [-0.39, 0.29) is 23.8 Å². The number of halogens is 2. The zero-order chi connectivity index (χ0) is 23.8. The standard InChI is InChI=1S/C21H22Cl2N4O4S2/c1-14-4-7-16(8-5-14)33(29,30)24-11-10-20-26-27-21(32-20)25-19(28)3-2-12-31-18-9-6-15(22)13-17(18)23/h4-9,13,24H,2-3,10-12H2,1H3,(H,25,27,28). The van der Waals surface area contributed by atoms with Crippen molar-refractivity contribution in [1.29, 1.82) is 0 Å². The number of benzene rings is 2. The van der Waals surface area contributed by atoms with Crippen molar-refractivity contribution in [2.45, 2.75) is 31.1 Å². The minimum Gasteiger partial charge on any atom is -0.492 e. The molecular weight excluding hydrogens is 507 g/mol. The summed E-state index contributed by atoms with van der Waals surface area (Å²) in [5.41, 5.74) is 0.982. The predicted octanol–water partition coefficient (Wildman–Crippen LogP) is 4.47. The van der Waals surface area contributed by atoms with Crippen LogP contribution in [0.1, 0.15) is 23.4 Å². The fourth-order valence-corrected chi connectivity index (χ4v) is 4.94. The fraction of sp³-hybridized carbons (Fsp3) is 0.286. The minimum atomic E-state index is -3.59. The second-order valence-corrected chi connectivity index (χ2v) is 10.7. The van der Waals surface area contributed by atoms with Crippen LogP contribution in [-0.4, -0.2) is 37.7 Å². The van der Waals surface area contributed by atoms with Gasteiger partial charge in [-0.05, 0) is 43.7 Å². The van der Waals surface area contributed by atoms with E-state index >= 15 is 0 Å². The number of aromatic nitrogens is 2. The van der Waals surface area contributed by atoms with Crippen LogP contribution in [0.4, 0.5) is 5.13 Å². The molecule has 8 nitrogen and oxygen atoms in total. The monoisotopic (exact) mass is 528 g/mol. The van der Waals surface area contributed by atoms with E-state index in [0.717, 1.165) is 5.56 Å². The van der Waals surface area contributed by atoms with Crippen LogP contribution in [0.3, 0.4) is 0 Å². The van der Waals surface area contributed by atoms with Gasteiger partial charge in [-0.15, -0.1) is 10.2 Å². The number of aryl methyl sites for hydroxylation is 1. The van der Waals surface area contributed by atoms with E-state index in [9.17, 15) is 13.2 Å². The van der Waals surface area contributed by atoms with Gasteiger partial charge in [-0.2, -0.15) is 0 Å². The predicted molar refractivity (Wildman–Crippen MR) is 130 cm³/mol. The number of nitrogens with one attached hydrogen (secondary N) is 2. The summed E-state index contributed by atoms with van der Waals surface area (Å²) < 4.78 is 32.7. The molecule has 0 aliphatic rings. The molecule has 0 atom stereocenters. The summed E-state index contributed by atoms with van der Waals surface area (Å²) in [6, 6.07) is 11.5. The Morgan fingerprint density at radius 3 is 2.61 bits per heavy atom. The molecule has 0 bridgehead atoms. The molecule has 3 aromatic rings. The Labute approximate surface area is 206 Å². The molecule has 1 aromatic heterocycles. The van der Waals surface area contributed by atoms with Crippen LogP contribution in [0, 0.1) is 6.92 Å². The van der Waals surface area contributed by atoms with E-state index in [1.807, 2.05) is 6.92 Å². The summed E-state index contributed by atoms with van der Waals surface area (Å²) in [7, 11) is -3.59. The van der Waals surface area contributed by atoms with Gasteiger partial charge >= 0.3 is 0 Å². The second kappa shape index (κ2) is 11.8. The zero-order valence-electron chi connectivity index (χ0n) is 17.7. The van der Waals surface area contributed by atoms with E-state index in [4.69, 9.17) is 27.9 Å². The summed E-state index contributed by atoms with van der Waals surface area (Å²) in [6.07, 6.45) is 1.07. The molecule has 2 aromatic carbocycles. The van der Waals surface area contributed by atoms with Gasteiger partial charge in [-0.3, -0.25) is 4.79 Å². The van der Waals surface area contributed by atoms with Gasteiger partial charge < -0.3 is 10.1 Å². The molecule has 1 amide bonds. The molecule has 0 saturated carbocycles. The van der Waals surface area contributed by atoms with Crippen molar-refractivity contribution < 1.29 is 17.9 Å². The number of nitrogens with zero attached hydrogens (tertiary/aromatic N) is 2. The average molecular weight is 529 g/mol. The summed E-state index contributed by atoms with van der Waals surface area (Å²) in [6.45, 7) is 2.38. The van der Waals surface area contributed by atoms with Gasteiger partial charge in [0.05, 0.1) is 16.5 Å². The van der Waals surface area contributed by atoms with E-state index in [0.29, 0.717) is 45.4 Å². The third kappa shape index (κ3) is 7.94. The van der Waals surface area contributed by atoms with E-state index in [2.05, 4.69) is 20.2 Å². The molecule has 0 saturated heterocycles. The van der Waals surface area contributed by atoms with Crippen molar-refractivity contribution in [2.75, 3.05) is 18.5 Å². The van der Waals surface area contributed by atoms with Crippen LogP contribution in [0.5, 0.6) is 5.75 Å². The molecule has 3 rings (SSSR count). The Balaban J connectivity index is 1.38. The fourth-order valence-electron chi connectivity index (χ4n) is 2.69. The number of hydrogen-bond donors (Lipinski definition) is 2. The van der Waals surface area contributed by atoms with Crippen LogP contribution in [-0.2, 0) is 21.2 Å². The maximum Gasteiger partial charge on any atom is 0.240 e. The van der Waals surface area contributed by atoms with E-state index in [1.165, 1.54) is 11.3 Å². The van der Waals surface area contributed by atoms with E-state index < -0.39 is 10.0 Å². The molecule has 176 valence electrons. The molecule has 0 spiro atoms. The van der Waals surface area contributed by atoms with Crippen LogP contribution in [0.2, 0.25) is 10.0 Å². The maximum atomic E-state index is 12.3. The second-order valence-electron chi connectivity index (χ2n) is 7.04. The highest BCUT2D eigenvalue weighted by Crippen LogP contribution is 2.27. The van der Waals surface area contributed by atoms with Crippen LogP contribution in [0.15, 0.2) is 47.4 Å². The Morgan fingerprint density at radius 1 is 1.12 bits per heavy atom. The third-order valence-electron chi connectivity index (χ3n) is 4.38. The van der Waals surface area contributed by atoms with Gasteiger partial charge in [0.1, 0.15) is 10.8 Å². The summed E-state index contributed by atoms with van der Waals surface area (Å²) in [4.78, 5) is 12.3. The largest absolute Gasteiger partial charge is 0.492 e. The average Bonchev–Trinajstić information content (AvgIpc) is 3.19. The topological polar surface area (TPSA) is 110 Å². The lowest BCUT2D eigenvalue weighted by Gasteiger charge is -2.08. The van der Waals surface area contributed by atoms with Crippen molar-refractivity contribution in [3.05, 3.63) is 63.1 Å². The molecule has 0 aliphatic heterocycles. The summed E-state index contributed by atoms with van der Waals surface area (Å²) >= 11 is 13.1. The van der Waals surface area contributed by atoms with Gasteiger partial charge in [-0.1, -0.05) is 52.2 Å². The maximum absolute atomic E-state index is 12.3. The van der Waals surface area contributed by atoms with Crippen LogP contribution in [0.25, 0.3) is 0 Å². The van der Waals surface area contributed by atoms with Crippen LogP contribution < -0.4 is 14.8 Å². The first kappa shape index (κ1) is 25.4. The minimum absolute atomic E-state index is 0.170. The summed E-state index contributed by atoms with van der Waals surface area (Å²) in [5, 5.41) is 12.5. The lowest BCUT2D eigenvalue weighted by atomic mass is 10.2. The van der Waals surface area contributed by atoms with Gasteiger partial charge in [0.15, 0.2) is 0 Å². The molecule has 12 heteroatoms. The van der Waals surface area contributed by atoms with Crippen molar-refractivity contribution in [1.82, 2.24) is 14.9 Å². The number of ether oxygens (including phenoxy) is 1. The highest BCUT2D eigenvalue weighted by atomic mass is 35.5. The SMILES string of the molecule is Cc1ccc(S(=O)(=O)NCCc2nnc(NC(=O)CCCOc3ccc(Cl)cc3Cl)s2)cc1. The number of carbonyl (C=O) groups excluding carboxylic acids is 1. The van der Waals surface area contributed by atoms with Gasteiger partial charge in [0.2, 0.25) is 21.1 Å². The van der Waals surface area contributed by atoms with Crippen molar-refractivity contribution in [2.24, 2.45) is 0 Å². The molecule has 0 aliphatic carbocycles. The molecule has 2 N–H and O–H groups in total. The first-order chi connectivity index (χ1) is 15.7. The Kier molecular flexibility index (Phi) is 9.04. The molecule has 0 fully saturated rings. The molecule has 33 heavy (non-hydrogen) atoms. The highest BCUT2D eigenvalue weighted by molar-refractivity contribution is 7.89. The number of hydrogen-bond acceptors (Lipinski definition) is 7.